The molecule has 1 N–H and O–H groups in total. The summed E-state index contributed by atoms with van der Waals surface area (Å²) in [5.74, 6) is -0.696. The molecule has 0 amide bonds. The first-order valence-corrected chi connectivity index (χ1v) is 8.23. The van der Waals surface area contributed by atoms with Gasteiger partial charge in [-0.3, -0.25) is 9.35 Å². The number of nitrogens with zero attached hydrogens (tertiary/aromatic N) is 3. The van der Waals surface area contributed by atoms with E-state index in [1.165, 1.54) is 18.2 Å². The van der Waals surface area contributed by atoms with E-state index in [9.17, 15) is 17.8 Å². The Kier molecular flexibility index (Phi) is 3.55. The second-order valence-electron chi connectivity index (χ2n) is 4.41. The van der Waals surface area contributed by atoms with Crippen molar-refractivity contribution < 1.29 is 17.8 Å². The van der Waals surface area contributed by atoms with E-state index in [1.807, 2.05) is 0 Å². The zero-order valence-corrected chi connectivity index (χ0v) is 13.2. The van der Waals surface area contributed by atoms with Gasteiger partial charge in [0.25, 0.3) is 16.0 Å². The van der Waals surface area contributed by atoms with E-state index in [1.54, 1.807) is 18.2 Å². The molecular weight excluding hydrogens is 374 g/mol. The summed E-state index contributed by atoms with van der Waals surface area (Å²) in [6.07, 6.45) is 0. The zero-order chi connectivity index (χ0) is 15.9. The number of carbonyl (C=O) groups is 1. The Balaban J connectivity index is 2.19. The van der Waals surface area contributed by atoms with Gasteiger partial charge >= 0.3 is 0 Å². The van der Waals surface area contributed by atoms with Crippen molar-refractivity contribution in [2.45, 2.75) is 4.90 Å². The summed E-state index contributed by atoms with van der Waals surface area (Å²) in [7, 11) is -4.52. The Labute approximate surface area is 133 Å². The normalized spacial score (nSPS) is 11.7. The molecule has 1 aromatic heterocycles. The highest BCUT2D eigenvalue weighted by Crippen LogP contribution is 2.21. The van der Waals surface area contributed by atoms with Crippen LogP contribution in [0.1, 0.15) is 10.4 Å². The summed E-state index contributed by atoms with van der Waals surface area (Å²) in [6.45, 7) is 0. The van der Waals surface area contributed by atoms with Gasteiger partial charge in [0.15, 0.2) is 0 Å². The quantitative estimate of drug-likeness (QED) is 0.682. The Hall–Kier alpha value is -2.10. The van der Waals surface area contributed by atoms with Crippen molar-refractivity contribution in [2.75, 3.05) is 0 Å². The van der Waals surface area contributed by atoms with E-state index in [0.29, 0.717) is 11.0 Å². The monoisotopic (exact) mass is 381 g/mol. The number of halogens is 1. The number of rotatable bonds is 2. The minimum Gasteiger partial charge on any atom is -0.282 e. The summed E-state index contributed by atoms with van der Waals surface area (Å²) in [5.41, 5.74) is 0.727. The lowest BCUT2D eigenvalue weighted by atomic mass is 10.2. The van der Waals surface area contributed by atoms with Crippen LogP contribution in [0.15, 0.2) is 51.8 Å². The highest BCUT2D eigenvalue weighted by atomic mass is 79.9. The highest BCUT2D eigenvalue weighted by molar-refractivity contribution is 9.10. The van der Waals surface area contributed by atoms with Crippen LogP contribution in [-0.4, -0.2) is 33.9 Å². The summed E-state index contributed by atoms with van der Waals surface area (Å²) >= 11 is 3.29. The second kappa shape index (κ2) is 5.27. The summed E-state index contributed by atoms with van der Waals surface area (Å²) in [6, 6.07) is 10.4. The van der Waals surface area contributed by atoms with E-state index < -0.39 is 20.9 Å². The van der Waals surface area contributed by atoms with Crippen molar-refractivity contribution in [1.82, 2.24) is 15.0 Å². The predicted molar refractivity (Wildman–Crippen MR) is 81.2 cm³/mol. The molecule has 2 aromatic carbocycles. The average Bonchev–Trinajstić information content (AvgIpc) is 2.88. The molecule has 0 spiro atoms. The first kappa shape index (κ1) is 14.8. The first-order valence-electron chi connectivity index (χ1n) is 6.00. The van der Waals surface area contributed by atoms with E-state index >= 15 is 0 Å². The fourth-order valence-electron chi connectivity index (χ4n) is 2.03. The maximum atomic E-state index is 12.5. The van der Waals surface area contributed by atoms with Crippen LogP contribution in [0.4, 0.5) is 0 Å². The van der Waals surface area contributed by atoms with Gasteiger partial charge in [-0.2, -0.15) is 13.1 Å². The molecular formula is C13H8BrN3O4S. The summed E-state index contributed by atoms with van der Waals surface area (Å²) < 4.78 is 33.8. The topological polar surface area (TPSA) is 102 Å². The molecule has 0 fully saturated rings. The van der Waals surface area contributed by atoms with Crippen LogP contribution in [0.3, 0.4) is 0 Å². The summed E-state index contributed by atoms with van der Waals surface area (Å²) in [4.78, 5) is 12.1. The van der Waals surface area contributed by atoms with Crippen molar-refractivity contribution in [2.24, 2.45) is 0 Å². The van der Waals surface area contributed by atoms with Gasteiger partial charge in [-0.25, -0.2) is 0 Å². The Bertz CT molecular complexity index is 997. The number of fused-ring (bicyclic) bond motifs is 1. The summed E-state index contributed by atoms with van der Waals surface area (Å²) in [5, 5.41) is 7.62. The maximum absolute atomic E-state index is 12.5. The van der Waals surface area contributed by atoms with Crippen molar-refractivity contribution >= 4 is 43.0 Å². The van der Waals surface area contributed by atoms with Crippen LogP contribution in [0.5, 0.6) is 0 Å². The lowest BCUT2D eigenvalue weighted by Crippen LogP contribution is -2.17. The van der Waals surface area contributed by atoms with Crippen LogP contribution < -0.4 is 0 Å². The first-order chi connectivity index (χ1) is 10.4. The van der Waals surface area contributed by atoms with Crippen LogP contribution in [0.2, 0.25) is 0 Å². The number of benzene rings is 2. The molecule has 0 unspecified atom stereocenters. The number of carbonyl (C=O) groups excluding carboxylic acids is 1. The Morgan fingerprint density at radius 2 is 1.91 bits per heavy atom. The molecule has 9 heteroatoms. The molecule has 0 aliphatic rings. The van der Waals surface area contributed by atoms with Crippen LogP contribution >= 0.6 is 15.9 Å². The van der Waals surface area contributed by atoms with Crippen LogP contribution in [0.25, 0.3) is 11.0 Å². The van der Waals surface area contributed by atoms with Gasteiger partial charge in [0.1, 0.15) is 10.4 Å². The second-order valence-corrected chi connectivity index (χ2v) is 6.72. The predicted octanol–water partition coefficient (Wildman–Crippen LogP) is 2.13. The minimum absolute atomic E-state index is 0.181. The molecule has 0 atom stereocenters. The highest BCUT2D eigenvalue weighted by Gasteiger charge is 2.23. The van der Waals surface area contributed by atoms with Gasteiger partial charge in [-0.1, -0.05) is 33.3 Å². The number of hydrogen-bond acceptors (Lipinski definition) is 5. The molecule has 3 aromatic rings. The van der Waals surface area contributed by atoms with E-state index in [4.69, 9.17) is 0 Å². The van der Waals surface area contributed by atoms with Crippen LogP contribution in [0, 0.1) is 0 Å². The maximum Gasteiger partial charge on any atom is 0.295 e. The third-order valence-corrected chi connectivity index (χ3v) is 4.40. The molecule has 112 valence electrons. The number of aromatic nitrogens is 3. The van der Waals surface area contributed by atoms with Crippen molar-refractivity contribution in [3.8, 4) is 0 Å². The Morgan fingerprint density at radius 1 is 1.18 bits per heavy atom. The molecule has 0 saturated carbocycles. The Morgan fingerprint density at radius 3 is 2.64 bits per heavy atom. The molecule has 3 rings (SSSR count). The third kappa shape index (κ3) is 2.54. The molecule has 0 bridgehead atoms. The zero-order valence-electron chi connectivity index (χ0n) is 10.8. The molecule has 0 saturated heterocycles. The van der Waals surface area contributed by atoms with E-state index in [-0.39, 0.29) is 5.56 Å². The lowest BCUT2D eigenvalue weighted by molar-refractivity contribution is 0.0944. The average molecular weight is 382 g/mol. The standard InChI is InChI=1S/C13H8BrN3O4S/c14-8-5-6-11-10(7-8)15-16-17(11)13(18)9-3-1-2-4-12(9)22(19,20)21/h1-7H,(H,19,20,21). The van der Waals surface area contributed by atoms with Crippen molar-refractivity contribution in [1.29, 1.82) is 0 Å². The van der Waals surface area contributed by atoms with Gasteiger partial charge in [-0.05, 0) is 30.3 Å². The van der Waals surface area contributed by atoms with E-state index in [2.05, 4.69) is 26.2 Å². The molecule has 0 aliphatic carbocycles. The third-order valence-electron chi connectivity index (χ3n) is 3.00. The fourth-order valence-corrected chi connectivity index (χ4v) is 3.06. The lowest BCUT2D eigenvalue weighted by Gasteiger charge is -2.06. The SMILES string of the molecule is O=C(c1ccccc1S(=O)(=O)O)n1nnc2cc(Br)ccc21. The van der Waals surface area contributed by atoms with Gasteiger partial charge in [0.2, 0.25) is 0 Å². The minimum atomic E-state index is -4.52. The van der Waals surface area contributed by atoms with Gasteiger partial charge in [0.05, 0.1) is 11.1 Å². The van der Waals surface area contributed by atoms with Crippen LogP contribution in [-0.2, 0) is 10.1 Å². The van der Waals surface area contributed by atoms with Gasteiger partial charge in [-0.15, -0.1) is 5.10 Å². The van der Waals surface area contributed by atoms with E-state index in [0.717, 1.165) is 15.2 Å². The van der Waals surface area contributed by atoms with Gasteiger partial charge < -0.3 is 0 Å². The fraction of sp³-hybridized carbons (Fsp3) is 0. The molecule has 0 aliphatic heterocycles. The van der Waals surface area contributed by atoms with Gasteiger partial charge in [0, 0.05) is 4.47 Å². The molecule has 22 heavy (non-hydrogen) atoms. The smallest absolute Gasteiger partial charge is 0.282 e. The van der Waals surface area contributed by atoms with Crippen molar-refractivity contribution in [3.05, 3.63) is 52.5 Å². The molecule has 0 radical (unpaired) electrons. The van der Waals surface area contributed by atoms with Crippen molar-refractivity contribution in [3.63, 3.8) is 0 Å². The number of hydrogen-bond donors (Lipinski definition) is 1. The molecule has 1 heterocycles. The molecule has 7 nitrogen and oxygen atoms in total. The largest absolute Gasteiger partial charge is 0.295 e.